The Bertz CT molecular complexity index is 851. The summed E-state index contributed by atoms with van der Waals surface area (Å²) in [6, 6.07) is 11.0. The van der Waals surface area contributed by atoms with E-state index in [1.807, 2.05) is 0 Å². The third-order valence-electron chi connectivity index (χ3n) is 4.68. The Morgan fingerprint density at radius 1 is 1.19 bits per heavy atom. The summed E-state index contributed by atoms with van der Waals surface area (Å²) in [4.78, 5) is 26.5. The summed E-state index contributed by atoms with van der Waals surface area (Å²) in [5, 5.41) is 3.26. The highest BCUT2D eigenvalue weighted by Gasteiger charge is 2.28. The molecule has 5 nitrogen and oxygen atoms in total. The van der Waals surface area contributed by atoms with Crippen molar-refractivity contribution >= 4 is 29.1 Å². The number of benzene rings is 2. The van der Waals surface area contributed by atoms with Gasteiger partial charge in [0.2, 0.25) is 5.91 Å². The monoisotopic (exact) mass is 390 g/mol. The van der Waals surface area contributed by atoms with Gasteiger partial charge in [0.25, 0.3) is 5.91 Å². The predicted molar refractivity (Wildman–Crippen MR) is 102 cm³/mol. The lowest BCUT2D eigenvalue weighted by Crippen LogP contribution is -2.41. The van der Waals surface area contributed by atoms with Crippen molar-refractivity contribution in [1.82, 2.24) is 4.90 Å². The maximum absolute atomic E-state index is 13.8. The van der Waals surface area contributed by atoms with Crippen LogP contribution in [0.3, 0.4) is 0 Å². The molecule has 0 saturated carbocycles. The zero-order valence-corrected chi connectivity index (χ0v) is 15.6. The van der Waals surface area contributed by atoms with E-state index < -0.39 is 5.82 Å². The third kappa shape index (κ3) is 4.39. The van der Waals surface area contributed by atoms with Crippen LogP contribution in [0.15, 0.2) is 42.5 Å². The molecule has 2 amide bonds. The van der Waals surface area contributed by atoms with Crippen LogP contribution in [0, 0.1) is 11.7 Å². The van der Waals surface area contributed by atoms with Crippen molar-refractivity contribution in [3.8, 4) is 5.75 Å². The number of methoxy groups -OCH3 is 1. The minimum atomic E-state index is -0.529. The maximum atomic E-state index is 13.8. The summed E-state index contributed by atoms with van der Waals surface area (Å²) in [6.07, 6.45) is 1.05. The summed E-state index contributed by atoms with van der Waals surface area (Å²) in [7, 11) is 1.52. The largest absolute Gasteiger partial charge is 0.495 e. The first-order valence-corrected chi connectivity index (χ1v) is 9.05. The number of carbonyl (C=O) groups is 2. The van der Waals surface area contributed by atoms with E-state index in [4.69, 9.17) is 16.3 Å². The zero-order valence-electron chi connectivity index (χ0n) is 14.9. The molecule has 0 unspecified atom stereocenters. The summed E-state index contributed by atoms with van der Waals surface area (Å²) < 4.78 is 18.9. The summed E-state index contributed by atoms with van der Waals surface area (Å²) in [5.74, 6) is -0.660. The first-order valence-electron chi connectivity index (χ1n) is 8.68. The fourth-order valence-electron chi connectivity index (χ4n) is 3.14. The average molecular weight is 391 g/mol. The van der Waals surface area contributed by atoms with Gasteiger partial charge in [0.15, 0.2) is 0 Å². The normalized spacial score (nSPS) is 14.7. The summed E-state index contributed by atoms with van der Waals surface area (Å²) >= 11 is 6.07. The average Bonchev–Trinajstić information content (AvgIpc) is 2.68. The van der Waals surface area contributed by atoms with Crippen LogP contribution in [-0.2, 0) is 4.79 Å². The molecular weight excluding hydrogens is 371 g/mol. The minimum Gasteiger partial charge on any atom is -0.495 e. The smallest absolute Gasteiger partial charge is 0.256 e. The lowest BCUT2D eigenvalue weighted by molar-refractivity contribution is -0.121. The lowest BCUT2D eigenvalue weighted by atomic mass is 9.95. The van der Waals surface area contributed by atoms with Crippen LogP contribution < -0.4 is 10.1 Å². The number of hydrogen-bond acceptors (Lipinski definition) is 3. The molecule has 0 atom stereocenters. The van der Waals surface area contributed by atoms with Crippen LogP contribution in [0.2, 0.25) is 5.02 Å². The van der Waals surface area contributed by atoms with E-state index >= 15 is 0 Å². The van der Waals surface area contributed by atoms with E-state index in [2.05, 4.69) is 5.32 Å². The van der Waals surface area contributed by atoms with Crippen LogP contribution in [0.4, 0.5) is 10.1 Å². The number of carbonyl (C=O) groups excluding carboxylic acids is 2. The molecule has 1 N–H and O–H groups in total. The number of likely N-dealkylation sites (tertiary alicyclic amines) is 1. The van der Waals surface area contributed by atoms with Crippen molar-refractivity contribution in [2.75, 3.05) is 25.5 Å². The number of rotatable bonds is 4. The van der Waals surface area contributed by atoms with Gasteiger partial charge in [-0.05, 0) is 43.2 Å². The van der Waals surface area contributed by atoms with Gasteiger partial charge >= 0.3 is 0 Å². The summed E-state index contributed by atoms with van der Waals surface area (Å²) in [5.41, 5.74) is 0.656. The molecule has 0 aliphatic carbocycles. The second-order valence-electron chi connectivity index (χ2n) is 6.38. The topological polar surface area (TPSA) is 58.6 Å². The van der Waals surface area contributed by atoms with Crippen molar-refractivity contribution in [1.29, 1.82) is 0 Å². The van der Waals surface area contributed by atoms with E-state index in [9.17, 15) is 14.0 Å². The number of nitrogens with zero attached hydrogens (tertiary/aromatic N) is 1. The molecule has 0 aromatic heterocycles. The van der Waals surface area contributed by atoms with Crippen LogP contribution in [0.1, 0.15) is 23.2 Å². The predicted octanol–water partition coefficient (Wildman–Crippen LogP) is 3.98. The highest BCUT2D eigenvalue weighted by molar-refractivity contribution is 6.32. The molecule has 0 spiro atoms. The van der Waals surface area contributed by atoms with Gasteiger partial charge in [-0.2, -0.15) is 0 Å². The van der Waals surface area contributed by atoms with Gasteiger partial charge in [0.1, 0.15) is 11.6 Å². The molecule has 3 rings (SSSR count). The van der Waals surface area contributed by atoms with Gasteiger partial charge in [-0.3, -0.25) is 9.59 Å². The van der Waals surface area contributed by atoms with Gasteiger partial charge in [-0.25, -0.2) is 4.39 Å². The first-order chi connectivity index (χ1) is 13.0. The molecule has 27 heavy (non-hydrogen) atoms. The summed E-state index contributed by atoms with van der Waals surface area (Å²) in [6.45, 7) is 0.823. The molecule has 7 heteroatoms. The molecule has 2 aromatic rings. The first kappa shape index (κ1) is 19.2. The van der Waals surface area contributed by atoms with Crippen LogP contribution in [0.25, 0.3) is 0 Å². The Kier molecular flexibility index (Phi) is 5.96. The van der Waals surface area contributed by atoms with Gasteiger partial charge < -0.3 is 15.0 Å². The second kappa shape index (κ2) is 8.39. The highest BCUT2D eigenvalue weighted by Crippen LogP contribution is 2.28. The number of amides is 2. The minimum absolute atomic E-state index is 0.0632. The van der Waals surface area contributed by atoms with Crippen molar-refractivity contribution in [3.05, 3.63) is 58.9 Å². The van der Waals surface area contributed by atoms with Gasteiger partial charge in [0.05, 0.1) is 17.7 Å². The Balaban J connectivity index is 1.57. The van der Waals surface area contributed by atoms with E-state index in [0.717, 1.165) is 0 Å². The fraction of sp³-hybridized carbons (Fsp3) is 0.300. The van der Waals surface area contributed by atoms with Crippen molar-refractivity contribution in [3.63, 3.8) is 0 Å². The van der Waals surface area contributed by atoms with Crippen molar-refractivity contribution in [2.24, 2.45) is 5.92 Å². The number of anilines is 1. The molecular formula is C20H20ClFN2O3. The van der Waals surface area contributed by atoms with Crippen LogP contribution in [0.5, 0.6) is 5.75 Å². The number of hydrogen-bond donors (Lipinski definition) is 1. The molecule has 2 aromatic carbocycles. The Labute approximate surface area is 162 Å². The third-order valence-corrected chi connectivity index (χ3v) is 4.97. The number of piperidine rings is 1. The van der Waals surface area contributed by atoms with E-state index in [1.54, 1.807) is 35.2 Å². The quantitative estimate of drug-likeness (QED) is 0.859. The molecule has 1 aliphatic heterocycles. The maximum Gasteiger partial charge on any atom is 0.256 e. The number of ether oxygens (including phenoxy) is 1. The van der Waals surface area contributed by atoms with Crippen LogP contribution >= 0.6 is 11.6 Å². The Hall–Kier alpha value is -2.60. The van der Waals surface area contributed by atoms with Crippen molar-refractivity contribution < 1.29 is 18.7 Å². The SMILES string of the molecule is COc1ccc(NC(=O)C2CCN(C(=O)c3ccccc3F)CC2)cc1Cl. The fourth-order valence-corrected chi connectivity index (χ4v) is 3.40. The van der Waals surface area contributed by atoms with Crippen molar-refractivity contribution in [2.45, 2.75) is 12.8 Å². The van der Waals surface area contributed by atoms with E-state index in [-0.39, 0.29) is 23.3 Å². The van der Waals surface area contributed by atoms with Crippen LogP contribution in [-0.4, -0.2) is 36.9 Å². The van der Waals surface area contributed by atoms with Gasteiger partial charge in [0, 0.05) is 24.7 Å². The van der Waals surface area contributed by atoms with E-state index in [1.165, 1.54) is 19.2 Å². The highest BCUT2D eigenvalue weighted by atomic mass is 35.5. The molecule has 1 saturated heterocycles. The molecule has 1 aliphatic rings. The standard InChI is InChI=1S/C20H20ClFN2O3/c1-27-18-7-6-14(12-16(18)21)23-19(25)13-8-10-24(11-9-13)20(26)15-4-2-3-5-17(15)22/h2-7,12-13H,8-11H2,1H3,(H,23,25). The zero-order chi connectivity index (χ0) is 19.4. The molecule has 142 valence electrons. The van der Waals surface area contributed by atoms with Gasteiger partial charge in [-0.1, -0.05) is 23.7 Å². The molecule has 0 bridgehead atoms. The lowest BCUT2D eigenvalue weighted by Gasteiger charge is -2.31. The Morgan fingerprint density at radius 3 is 2.52 bits per heavy atom. The Morgan fingerprint density at radius 2 is 1.89 bits per heavy atom. The number of halogens is 2. The van der Waals surface area contributed by atoms with E-state index in [0.29, 0.717) is 42.4 Å². The second-order valence-corrected chi connectivity index (χ2v) is 6.79. The number of nitrogens with one attached hydrogen (secondary N) is 1. The molecule has 1 fully saturated rings. The molecule has 0 radical (unpaired) electrons. The van der Waals surface area contributed by atoms with Gasteiger partial charge in [-0.15, -0.1) is 0 Å². The molecule has 1 heterocycles.